The summed E-state index contributed by atoms with van der Waals surface area (Å²) in [5.74, 6) is 0.445. The molecule has 0 fully saturated rings. The summed E-state index contributed by atoms with van der Waals surface area (Å²) in [5.41, 5.74) is -0.177. The summed E-state index contributed by atoms with van der Waals surface area (Å²) in [6.07, 6.45) is 0.875. The van der Waals surface area contributed by atoms with E-state index in [0.29, 0.717) is 5.78 Å². The number of carbonyl (C=O) groups excluding carboxylic acids is 1. The third-order valence-corrected chi connectivity index (χ3v) is 2.72. The summed E-state index contributed by atoms with van der Waals surface area (Å²) in [5, 5.41) is 3.58. The van der Waals surface area contributed by atoms with Gasteiger partial charge < -0.3 is 5.32 Å². The second-order valence-corrected chi connectivity index (χ2v) is 7.98. The average Bonchev–Trinajstić information content (AvgIpc) is 1.94. The molecule has 0 spiro atoms. The standard InChI is InChI=1S/C15H31NO/c1-11(12(17)13(2,3)4)10-15(8,9)16-14(5,6)7/h11,16H,10H2,1-9H3. The van der Waals surface area contributed by atoms with E-state index in [-0.39, 0.29) is 22.4 Å². The van der Waals surface area contributed by atoms with Gasteiger partial charge in [0, 0.05) is 22.4 Å². The van der Waals surface area contributed by atoms with E-state index in [1.165, 1.54) is 0 Å². The lowest BCUT2D eigenvalue weighted by atomic mass is 9.78. The number of ketones is 1. The third-order valence-electron chi connectivity index (χ3n) is 2.72. The molecule has 0 aliphatic heterocycles. The second-order valence-electron chi connectivity index (χ2n) is 7.98. The van der Waals surface area contributed by atoms with Gasteiger partial charge in [0.25, 0.3) is 0 Å². The van der Waals surface area contributed by atoms with Gasteiger partial charge in [-0.2, -0.15) is 0 Å². The van der Waals surface area contributed by atoms with Crippen LogP contribution in [0.15, 0.2) is 0 Å². The maximum atomic E-state index is 12.2. The molecular weight excluding hydrogens is 210 g/mol. The van der Waals surface area contributed by atoms with Crippen molar-refractivity contribution in [2.75, 3.05) is 0 Å². The number of hydrogen-bond donors (Lipinski definition) is 1. The van der Waals surface area contributed by atoms with Gasteiger partial charge in [-0.25, -0.2) is 0 Å². The number of nitrogens with one attached hydrogen (secondary N) is 1. The van der Waals surface area contributed by atoms with Crippen LogP contribution >= 0.6 is 0 Å². The molecule has 0 bridgehead atoms. The van der Waals surface area contributed by atoms with Crippen molar-refractivity contribution in [2.24, 2.45) is 11.3 Å². The van der Waals surface area contributed by atoms with Gasteiger partial charge in [0.15, 0.2) is 0 Å². The van der Waals surface area contributed by atoms with Crippen molar-refractivity contribution in [3.05, 3.63) is 0 Å². The van der Waals surface area contributed by atoms with Crippen molar-refractivity contribution < 1.29 is 4.79 Å². The van der Waals surface area contributed by atoms with E-state index in [0.717, 1.165) is 6.42 Å². The van der Waals surface area contributed by atoms with Crippen LogP contribution in [0, 0.1) is 11.3 Å². The summed E-state index contributed by atoms with van der Waals surface area (Å²) in [7, 11) is 0. The third kappa shape index (κ3) is 6.82. The van der Waals surface area contributed by atoms with E-state index >= 15 is 0 Å². The Morgan fingerprint density at radius 3 is 1.71 bits per heavy atom. The molecule has 1 N–H and O–H groups in total. The SMILES string of the molecule is CC(CC(C)(C)NC(C)(C)C)C(=O)C(C)(C)C. The molecule has 0 heterocycles. The summed E-state index contributed by atoms with van der Waals surface area (Å²) in [6, 6.07) is 0. The van der Waals surface area contributed by atoms with E-state index in [4.69, 9.17) is 0 Å². The summed E-state index contributed by atoms with van der Waals surface area (Å²) < 4.78 is 0. The van der Waals surface area contributed by atoms with Crippen LogP contribution in [-0.4, -0.2) is 16.9 Å². The Bertz CT molecular complexity index is 266. The Balaban J connectivity index is 4.58. The van der Waals surface area contributed by atoms with E-state index in [1.807, 2.05) is 27.7 Å². The monoisotopic (exact) mass is 241 g/mol. The van der Waals surface area contributed by atoms with Crippen LogP contribution < -0.4 is 5.32 Å². The highest BCUT2D eigenvalue weighted by Crippen LogP contribution is 2.26. The van der Waals surface area contributed by atoms with Gasteiger partial charge in [-0.05, 0) is 41.0 Å². The Labute approximate surface area is 108 Å². The number of carbonyl (C=O) groups is 1. The van der Waals surface area contributed by atoms with Crippen molar-refractivity contribution in [3.8, 4) is 0 Å². The molecule has 0 rings (SSSR count). The highest BCUT2D eigenvalue weighted by Gasteiger charge is 2.32. The van der Waals surface area contributed by atoms with Gasteiger partial charge in [-0.1, -0.05) is 27.7 Å². The number of rotatable bonds is 4. The van der Waals surface area contributed by atoms with Gasteiger partial charge in [0.05, 0.1) is 0 Å². The van der Waals surface area contributed by atoms with Crippen molar-refractivity contribution in [1.29, 1.82) is 0 Å². The molecule has 2 nitrogen and oxygen atoms in total. The molecule has 0 aromatic heterocycles. The van der Waals surface area contributed by atoms with Gasteiger partial charge in [0.1, 0.15) is 5.78 Å². The first-order chi connectivity index (χ1) is 7.25. The first-order valence-electron chi connectivity index (χ1n) is 6.58. The lowest BCUT2D eigenvalue weighted by Crippen LogP contribution is -2.51. The number of Topliss-reactive ketones (excluding diaryl/α,β-unsaturated/α-hetero) is 1. The molecule has 0 aliphatic carbocycles. The summed E-state index contributed by atoms with van der Waals surface area (Å²) in [4.78, 5) is 12.2. The van der Waals surface area contributed by atoms with Crippen molar-refractivity contribution in [2.45, 2.75) is 79.8 Å². The molecule has 0 saturated heterocycles. The minimum atomic E-state index is -0.239. The molecule has 0 aromatic rings. The molecule has 0 saturated carbocycles. The number of hydrogen-bond acceptors (Lipinski definition) is 2. The Morgan fingerprint density at radius 2 is 1.41 bits per heavy atom. The van der Waals surface area contributed by atoms with E-state index in [1.54, 1.807) is 0 Å². The molecule has 0 radical (unpaired) electrons. The normalized spacial score (nSPS) is 15.8. The van der Waals surface area contributed by atoms with Crippen LogP contribution in [0.3, 0.4) is 0 Å². The van der Waals surface area contributed by atoms with Crippen molar-refractivity contribution in [3.63, 3.8) is 0 Å². The fourth-order valence-electron chi connectivity index (χ4n) is 2.66. The molecule has 1 atom stereocenters. The van der Waals surface area contributed by atoms with Crippen molar-refractivity contribution in [1.82, 2.24) is 5.32 Å². The van der Waals surface area contributed by atoms with Crippen LogP contribution in [0.5, 0.6) is 0 Å². The maximum absolute atomic E-state index is 12.2. The van der Waals surface area contributed by atoms with Crippen LogP contribution in [0.25, 0.3) is 0 Å². The minimum absolute atomic E-state index is 0.0153. The summed E-state index contributed by atoms with van der Waals surface area (Å²) >= 11 is 0. The largest absolute Gasteiger partial charge is 0.307 e. The second kappa shape index (κ2) is 5.09. The molecule has 0 amide bonds. The Morgan fingerprint density at radius 1 is 1.00 bits per heavy atom. The van der Waals surface area contributed by atoms with Gasteiger partial charge in [0.2, 0.25) is 0 Å². The fraction of sp³-hybridized carbons (Fsp3) is 0.933. The highest BCUT2D eigenvalue weighted by molar-refractivity contribution is 5.85. The zero-order valence-electron chi connectivity index (χ0n) is 13.2. The van der Waals surface area contributed by atoms with E-state index in [2.05, 4.69) is 39.9 Å². The molecule has 1 unspecified atom stereocenters. The van der Waals surface area contributed by atoms with Crippen molar-refractivity contribution >= 4 is 5.78 Å². The lowest BCUT2D eigenvalue weighted by Gasteiger charge is -2.37. The van der Waals surface area contributed by atoms with Crippen LogP contribution in [-0.2, 0) is 4.79 Å². The predicted molar refractivity (Wildman–Crippen MR) is 75.2 cm³/mol. The quantitative estimate of drug-likeness (QED) is 0.811. The molecular formula is C15H31NO. The zero-order valence-corrected chi connectivity index (χ0v) is 13.2. The van der Waals surface area contributed by atoms with E-state index in [9.17, 15) is 4.79 Å². The summed E-state index contributed by atoms with van der Waals surface area (Å²) in [6.45, 7) is 18.8. The molecule has 0 aliphatic rings. The fourth-order valence-corrected chi connectivity index (χ4v) is 2.66. The van der Waals surface area contributed by atoms with E-state index < -0.39 is 0 Å². The van der Waals surface area contributed by atoms with Crippen LogP contribution in [0.2, 0.25) is 0 Å². The molecule has 0 aromatic carbocycles. The zero-order chi connectivity index (χ0) is 14.1. The topological polar surface area (TPSA) is 29.1 Å². The maximum Gasteiger partial charge on any atom is 0.141 e. The Kier molecular flexibility index (Phi) is 4.98. The first kappa shape index (κ1) is 16.6. The molecule has 17 heavy (non-hydrogen) atoms. The predicted octanol–water partition coefficient (Wildman–Crippen LogP) is 3.79. The minimum Gasteiger partial charge on any atom is -0.307 e. The highest BCUT2D eigenvalue weighted by atomic mass is 16.1. The Hall–Kier alpha value is -0.370. The smallest absolute Gasteiger partial charge is 0.141 e. The molecule has 102 valence electrons. The lowest BCUT2D eigenvalue weighted by molar-refractivity contribution is -0.130. The van der Waals surface area contributed by atoms with Gasteiger partial charge in [-0.3, -0.25) is 4.79 Å². The molecule has 2 heteroatoms. The van der Waals surface area contributed by atoms with Crippen LogP contribution in [0.4, 0.5) is 0 Å². The average molecular weight is 241 g/mol. The first-order valence-corrected chi connectivity index (χ1v) is 6.58. The van der Waals surface area contributed by atoms with Gasteiger partial charge in [-0.15, -0.1) is 0 Å². The van der Waals surface area contributed by atoms with Gasteiger partial charge >= 0.3 is 0 Å². The van der Waals surface area contributed by atoms with Crippen LogP contribution in [0.1, 0.15) is 68.7 Å².